The van der Waals surface area contributed by atoms with E-state index < -0.39 is 46.7 Å². The van der Waals surface area contributed by atoms with Crippen LogP contribution in [0.5, 0.6) is 5.75 Å². The normalized spacial score (nSPS) is 13.1. The molecule has 0 aliphatic carbocycles. The molecule has 2 atom stereocenters. The van der Waals surface area contributed by atoms with Crippen molar-refractivity contribution in [3.8, 4) is 11.8 Å². The molecule has 0 radical (unpaired) electrons. The Bertz CT molecular complexity index is 1550. The quantitative estimate of drug-likeness (QED) is 0.399. The van der Waals surface area contributed by atoms with Crippen LogP contribution in [0, 0.1) is 11.3 Å². The van der Waals surface area contributed by atoms with Gasteiger partial charge in [0.05, 0.1) is 24.0 Å². The Morgan fingerprint density at radius 1 is 1.24 bits per heavy atom. The third kappa shape index (κ3) is 4.79. The summed E-state index contributed by atoms with van der Waals surface area (Å²) in [6.07, 6.45) is -0.315. The summed E-state index contributed by atoms with van der Waals surface area (Å²) in [4.78, 5) is 29.4. The summed E-state index contributed by atoms with van der Waals surface area (Å²) in [6.45, 7) is 0. The van der Waals surface area contributed by atoms with Crippen LogP contribution in [0.2, 0.25) is 0 Å². The molecular formula is C23H18F3N7O4. The molecule has 2 N–H and O–H groups in total. The zero-order valence-corrected chi connectivity index (χ0v) is 19.3. The number of nitrogens with one attached hydrogen (secondary N) is 1. The number of carbonyl (C=O) groups excluding carboxylic acids is 1. The molecule has 0 aliphatic rings. The minimum Gasteiger partial charge on any atom is -0.501 e. The summed E-state index contributed by atoms with van der Waals surface area (Å²) in [5, 5.41) is 29.5. The molecule has 0 aliphatic heterocycles. The fourth-order valence-electron chi connectivity index (χ4n) is 4.01. The largest absolute Gasteiger partial charge is 0.501 e. The van der Waals surface area contributed by atoms with E-state index in [0.29, 0.717) is 4.57 Å². The smallest absolute Gasteiger partial charge is 0.399 e. The van der Waals surface area contributed by atoms with E-state index in [1.54, 1.807) is 0 Å². The number of amides is 1. The first-order valence-electron chi connectivity index (χ1n) is 10.6. The third-order valence-corrected chi connectivity index (χ3v) is 5.67. The van der Waals surface area contributed by atoms with Crippen LogP contribution in [0.3, 0.4) is 0 Å². The number of aromatic hydroxyl groups is 1. The van der Waals surface area contributed by atoms with Gasteiger partial charge in [0.25, 0.3) is 11.5 Å². The van der Waals surface area contributed by atoms with E-state index >= 15 is 0 Å². The average Bonchev–Trinajstić information content (AvgIpc) is 3.52. The van der Waals surface area contributed by atoms with Gasteiger partial charge < -0.3 is 14.9 Å². The molecular weight excluding hydrogens is 495 g/mol. The number of halogens is 3. The Balaban J connectivity index is 1.98. The van der Waals surface area contributed by atoms with Crippen LogP contribution in [0.25, 0.3) is 0 Å². The van der Waals surface area contributed by atoms with Crippen molar-refractivity contribution in [2.75, 3.05) is 5.32 Å². The Hall–Kier alpha value is -4.93. The molecule has 0 unspecified atom stereocenters. The average molecular weight is 513 g/mol. The van der Waals surface area contributed by atoms with Crippen molar-refractivity contribution in [2.45, 2.75) is 18.0 Å². The maximum Gasteiger partial charge on any atom is 0.399 e. The fourth-order valence-corrected chi connectivity index (χ4v) is 4.01. The second kappa shape index (κ2) is 9.61. The monoisotopic (exact) mass is 513 g/mol. The van der Waals surface area contributed by atoms with Crippen LogP contribution in [0.15, 0.2) is 58.4 Å². The highest BCUT2D eigenvalue weighted by molar-refractivity contribution is 6.04. The zero-order chi connectivity index (χ0) is 26.9. The summed E-state index contributed by atoms with van der Waals surface area (Å²) in [6, 6.07) is 7.62. The molecule has 0 bridgehead atoms. The standard InChI is InChI=1S/C23H18F3N7O4/c1-32-10-13(8-28-32)16(15-6-4-3-5-12(15)7-27)17(23(24,25)26)20-31-18(19(34)22(36)33(20)2)21(35)30-14-9-29-37-11-14/h3-6,8-11,16-17,34H,1-2H3,(H,30,35)/t16-,17+/m0/s1. The van der Waals surface area contributed by atoms with Gasteiger partial charge in [-0.25, -0.2) is 4.98 Å². The summed E-state index contributed by atoms with van der Waals surface area (Å²) in [5.41, 5.74) is -2.10. The fraction of sp³-hybridized carbons (Fsp3) is 0.217. The summed E-state index contributed by atoms with van der Waals surface area (Å²) >= 11 is 0. The van der Waals surface area contributed by atoms with Crippen molar-refractivity contribution >= 4 is 11.6 Å². The predicted molar refractivity (Wildman–Crippen MR) is 121 cm³/mol. The Kier molecular flexibility index (Phi) is 6.54. The summed E-state index contributed by atoms with van der Waals surface area (Å²) in [7, 11) is 2.52. The lowest BCUT2D eigenvalue weighted by Crippen LogP contribution is -2.36. The van der Waals surface area contributed by atoms with Crippen molar-refractivity contribution in [2.24, 2.45) is 14.1 Å². The van der Waals surface area contributed by atoms with Gasteiger partial charge in [-0.05, 0) is 17.2 Å². The van der Waals surface area contributed by atoms with Gasteiger partial charge in [0.2, 0.25) is 5.75 Å². The minimum atomic E-state index is -5.03. The van der Waals surface area contributed by atoms with Crippen molar-refractivity contribution in [3.63, 3.8) is 0 Å². The number of anilines is 1. The van der Waals surface area contributed by atoms with Crippen LogP contribution in [-0.4, -0.2) is 41.7 Å². The van der Waals surface area contributed by atoms with Crippen LogP contribution in [0.4, 0.5) is 18.9 Å². The van der Waals surface area contributed by atoms with E-state index in [9.17, 15) is 33.1 Å². The van der Waals surface area contributed by atoms with Crippen molar-refractivity contribution in [3.05, 3.63) is 87.7 Å². The number of aromatic nitrogens is 5. The highest BCUT2D eigenvalue weighted by atomic mass is 19.4. The Morgan fingerprint density at radius 3 is 2.57 bits per heavy atom. The van der Waals surface area contributed by atoms with Crippen molar-refractivity contribution < 1.29 is 27.6 Å². The number of benzene rings is 1. The molecule has 1 aromatic carbocycles. The maximum absolute atomic E-state index is 14.9. The third-order valence-electron chi connectivity index (χ3n) is 5.67. The molecule has 4 rings (SSSR count). The molecule has 3 heterocycles. The maximum atomic E-state index is 14.9. The minimum absolute atomic E-state index is 0.0122. The van der Waals surface area contributed by atoms with Gasteiger partial charge in [0.1, 0.15) is 23.7 Å². The first-order valence-corrected chi connectivity index (χ1v) is 10.6. The lowest BCUT2D eigenvalue weighted by Gasteiger charge is -2.30. The topological polar surface area (TPSA) is 152 Å². The lowest BCUT2D eigenvalue weighted by atomic mass is 9.79. The highest BCUT2D eigenvalue weighted by Gasteiger charge is 2.50. The number of hydrogen-bond acceptors (Lipinski definition) is 8. The van der Waals surface area contributed by atoms with Crippen LogP contribution in [-0.2, 0) is 14.1 Å². The second-order valence-electron chi connectivity index (χ2n) is 8.04. The molecule has 11 nitrogen and oxygen atoms in total. The van der Waals surface area contributed by atoms with E-state index in [1.165, 1.54) is 48.4 Å². The van der Waals surface area contributed by atoms with Gasteiger partial charge in [-0.1, -0.05) is 23.4 Å². The van der Waals surface area contributed by atoms with E-state index in [-0.39, 0.29) is 22.4 Å². The highest BCUT2D eigenvalue weighted by Crippen LogP contribution is 2.48. The Morgan fingerprint density at radius 2 is 1.97 bits per heavy atom. The molecule has 14 heteroatoms. The van der Waals surface area contributed by atoms with Gasteiger partial charge in [0.15, 0.2) is 5.69 Å². The molecule has 4 aromatic rings. The van der Waals surface area contributed by atoms with Crippen LogP contribution >= 0.6 is 0 Å². The van der Waals surface area contributed by atoms with Gasteiger partial charge in [0, 0.05) is 26.2 Å². The van der Waals surface area contributed by atoms with Crippen LogP contribution < -0.4 is 10.9 Å². The lowest BCUT2D eigenvalue weighted by molar-refractivity contribution is -0.156. The zero-order valence-electron chi connectivity index (χ0n) is 19.3. The molecule has 37 heavy (non-hydrogen) atoms. The molecule has 0 spiro atoms. The number of alkyl halides is 3. The molecule has 190 valence electrons. The van der Waals surface area contributed by atoms with E-state index in [2.05, 4.69) is 25.1 Å². The first kappa shape index (κ1) is 25.2. The second-order valence-corrected chi connectivity index (χ2v) is 8.04. The van der Waals surface area contributed by atoms with E-state index in [4.69, 9.17) is 0 Å². The van der Waals surface area contributed by atoms with Crippen molar-refractivity contribution in [1.29, 1.82) is 5.26 Å². The number of nitriles is 1. The van der Waals surface area contributed by atoms with E-state index in [1.807, 2.05) is 6.07 Å². The number of aryl methyl sites for hydroxylation is 1. The first-order chi connectivity index (χ1) is 17.5. The number of carbonyl (C=O) groups is 1. The molecule has 3 aromatic heterocycles. The van der Waals surface area contributed by atoms with Gasteiger partial charge in [-0.15, -0.1) is 0 Å². The summed E-state index contributed by atoms with van der Waals surface area (Å²) < 4.78 is 51.0. The molecule has 0 saturated carbocycles. The SMILES string of the molecule is Cn1cc([C@@H](c2ccccc2C#N)[C@H](c2nc(C(=O)Nc3cnoc3)c(O)c(=O)n2C)C(F)(F)F)cn1. The van der Waals surface area contributed by atoms with Crippen LogP contribution in [0.1, 0.15) is 44.8 Å². The van der Waals surface area contributed by atoms with Gasteiger partial charge >= 0.3 is 6.18 Å². The van der Waals surface area contributed by atoms with Crippen molar-refractivity contribution in [1.82, 2.24) is 24.5 Å². The molecule has 0 saturated heterocycles. The number of rotatable bonds is 6. The van der Waals surface area contributed by atoms with Gasteiger partial charge in [-0.2, -0.15) is 23.5 Å². The van der Waals surface area contributed by atoms with E-state index in [0.717, 1.165) is 19.5 Å². The Labute approximate surface area is 206 Å². The van der Waals surface area contributed by atoms with Gasteiger partial charge in [-0.3, -0.25) is 18.8 Å². The number of nitrogens with zero attached hydrogens (tertiary/aromatic N) is 6. The summed E-state index contributed by atoms with van der Waals surface area (Å²) in [5.74, 6) is -7.26. The number of hydrogen-bond donors (Lipinski definition) is 2. The molecule has 1 amide bonds. The predicted octanol–water partition coefficient (Wildman–Crippen LogP) is 2.81. The molecule has 0 fully saturated rings.